The second-order valence-corrected chi connectivity index (χ2v) is 8.97. The van der Waals surface area contributed by atoms with Gasteiger partial charge in [0.1, 0.15) is 17.0 Å². The second kappa shape index (κ2) is 8.39. The minimum absolute atomic E-state index is 0.222. The molecule has 0 atom stereocenters. The van der Waals surface area contributed by atoms with Crippen molar-refractivity contribution in [1.29, 1.82) is 0 Å². The van der Waals surface area contributed by atoms with Crippen LogP contribution in [0, 0.1) is 11.6 Å². The smallest absolute Gasteiger partial charge is 0.261 e. The fourth-order valence-corrected chi connectivity index (χ4v) is 3.77. The van der Waals surface area contributed by atoms with E-state index < -0.39 is 38.8 Å². The zero-order valence-electron chi connectivity index (χ0n) is 16.8. The highest BCUT2D eigenvalue weighted by Crippen LogP contribution is 2.26. The molecule has 0 aliphatic heterocycles. The lowest BCUT2D eigenvalue weighted by Crippen LogP contribution is -2.20. The molecule has 0 bridgehead atoms. The van der Waals surface area contributed by atoms with E-state index in [1.54, 1.807) is 6.07 Å². The van der Waals surface area contributed by atoms with Gasteiger partial charge in [0.05, 0.1) is 23.3 Å². The Morgan fingerprint density at radius 2 is 1.84 bits per heavy atom. The van der Waals surface area contributed by atoms with E-state index in [0.717, 1.165) is 23.4 Å². The Bertz CT molecular complexity index is 1420. The summed E-state index contributed by atoms with van der Waals surface area (Å²) in [7, 11) is -3.81. The highest BCUT2D eigenvalue weighted by atomic mass is 32.2. The number of hydrogen-bond acceptors (Lipinski definition) is 4. The number of anilines is 2. The Balaban J connectivity index is 1.62. The van der Waals surface area contributed by atoms with E-state index in [1.807, 2.05) is 41.1 Å². The van der Waals surface area contributed by atoms with E-state index in [4.69, 9.17) is 0 Å². The summed E-state index contributed by atoms with van der Waals surface area (Å²) in [6.45, 7) is 1.37. The molecule has 0 radical (unpaired) electrons. The summed E-state index contributed by atoms with van der Waals surface area (Å²) < 4.78 is 54.4. The summed E-state index contributed by atoms with van der Waals surface area (Å²) in [5, 5.41) is 3.10. The molecule has 0 fully saturated rings. The molecule has 10 heteroatoms. The zero-order chi connectivity index (χ0) is 22.9. The molecule has 0 saturated heterocycles. The van der Waals surface area contributed by atoms with Crippen LogP contribution in [0.4, 0.5) is 20.2 Å². The molecular formula is C22H18F2N4O3S. The number of carbonyl (C=O) groups excluding carboxylic acids is 1. The largest absolute Gasteiger partial charge is 0.339 e. The molecule has 2 heterocycles. The number of hydrogen-bond donors (Lipinski definition) is 3. The number of nitrogens with zero attached hydrogens (tertiary/aromatic N) is 1. The number of rotatable bonds is 6. The Morgan fingerprint density at radius 1 is 1.09 bits per heavy atom. The number of aromatic nitrogens is 2. The number of sulfonamides is 1. The Kier molecular flexibility index (Phi) is 5.62. The van der Waals surface area contributed by atoms with Crippen molar-refractivity contribution in [3.63, 3.8) is 0 Å². The van der Waals surface area contributed by atoms with Crippen LogP contribution in [-0.2, 0) is 10.0 Å². The maximum Gasteiger partial charge on any atom is 0.261 e. The van der Waals surface area contributed by atoms with Crippen LogP contribution in [-0.4, -0.2) is 30.0 Å². The van der Waals surface area contributed by atoms with Gasteiger partial charge in [-0.05, 0) is 36.8 Å². The first-order chi connectivity index (χ1) is 15.3. The van der Waals surface area contributed by atoms with Crippen molar-refractivity contribution in [1.82, 2.24) is 9.97 Å². The predicted octanol–water partition coefficient (Wildman–Crippen LogP) is 4.52. The number of fused-ring (bicyclic) bond motifs is 1. The zero-order valence-corrected chi connectivity index (χ0v) is 17.6. The third-order valence-corrected chi connectivity index (χ3v) is 6.07. The number of amides is 1. The van der Waals surface area contributed by atoms with E-state index in [0.29, 0.717) is 11.0 Å². The number of pyridine rings is 1. The van der Waals surface area contributed by atoms with Gasteiger partial charge in [-0.15, -0.1) is 0 Å². The fraction of sp³-hybridized carbons (Fsp3) is 0.0909. The van der Waals surface area contributed by atoms with Crippen molar-refractivity contribution in [3.8, 4) is 11.3 Å². The lowest BCUT2D eigenvalue weighted by atomic mass is 10.1. The van der Waals surface area contributed by atoms with Gasteiger partial charge in [0.15, 0.2) is 5.82 Å². The second-order valence-electron chi connectivity index (χ2n) is 6.95. The Labute approximate surface area is 182 Å². The molecule has 0 unspecified atom stereocenters. The van der Waals surface area contributed by atoms with Crippen LogP contribution in [0.5, 0.6) is 0 Å². The van der Waals surface area contributed by atoms with Crippen molar-refractivity contribution in [2.24, 2.45) is 0 Å². The number of carbonyl (C=O) groups is 1. The van der Waals surface area contributed by atoms with Gasteiger partial charge in [-0.25, -0.2) is 22.2 Å². The summed E-state index contributed by atoms with van der Waals surface area (Å²) in [5.74, 6) is -3.81. The van der Waals surface area contributed by atoms with E-state index in [-0.39, 0.29) is 11.4 Å². The van der Waals surface area contributed by atoms with Crippen LogP contribution in [0.2, 0.25) is 0 Å². The molecule has 7 nitrogen and oxygen atoms in total. The Hall–Kier alpha value is -3.79. The van der Waals surface area contributed by atoms with Gasteiger partial charge in [-0.1, -0.05) is 30.3 Å². The van der Waals surface area contributed by atoms with Crippen LogP contribution in [0.25, 0.3) is 22.3 Å². The molecule has 0 aliphatic rings. The number of benzene rings is 2. The molecule has 1 amide bonds. The highest BCUT2D eigenvalue weighted by Gasteiger charge is 2.23. The lowest BCUT2D eigenvalue weighted by Gasteiger charge is -2.12. The van der Waals surface area contributed by atoms with E-state index >= 15 is 0 Å². The van der Waals surface area contributed by atoms with Crippen molar-refractivity contribution < 1.29 is 22.0 Å². The average Bonchev–Trinajstić information content (AvgIpc) is 3.20. The van der Waals surface area contributed by atoms with Gasteiger partial charge in [-0.2, -0.15) is 0 Å². The SMILES string of the molecule is CCS(=O)(=O)Nc1ccc(F)c(C(=O)Nc2cnc3[nH]c(-c4ccccc4)cc3c2)c1F. The molecule has 0 aliphatic carbocycles. The summed E-state index contributed by atoms with van der Waals surface area (Å²) in [4.78, 5) is 20.0. The molecule has 32 heavy (non-hydrogen) atoms. The normalized spacial score (nSPS) is 11.5. The summed E-state index contributed by atoms with van der Waals surface area (Å²) in [5.41, 5.74) is 1.16. The summed E-state index contributed by atoms with van der Waals surface area (Å²) >= 11 is 0. The highest BCUT2D eigenvalue weighted by molar-refractivity contribution is 7.92. The number of halogens is 2. The summed E-state index contributed by atoms with van der Waals surface area (Å²) in [6.07, 6.45) is 1.35. The lowest BCUT2D eigenvalue weighted by molar-refractivity contribution is 0.101. The van der Waals surface area contributed by atoms with Crippen molar-refractivity contribution in [2.75, 3.05) is 15.8 Å². The van der Waals surface area contributed by atoms with E-state index in [2.05, 4.69) is 15.3 Å². The molecule has 4 aromatic rings. The monoisotopic (exact) mass is 456 g/mol. The minimum Gasteiger partial charge on any atom is -0.339 e. The molecule has 3 N–H and O–H groups in total. The number of nitrogens with one attached hydrogen (secondary N) is 3. The molecule has 4 rings (SSSR count). The summed E-state index contributed by atoms with van der Waals surface area (Å²) in [6, 6.07) is 14.8. The van der Waals surface area contributed by atoms with E-state index in [1.165, 1.54) is 13.1 Å². The number of H-pyrrole nitrogens is 1. The molecule has 0 saturated carbocycles. The van der Waals surface area contributed by atoms with Gasteiger partial charge in [-0.3, -0.25) is 9.52 Å². The first kappa shape index (κ1) is 21.4. The van der Waals surface area contributed by atoms with Crippen molar-refractivity contribution >= 4 is 38.3 Å². The van der Waals surface area contributed by atoms with Gasteiger partial charge in [0, 0.05) is 11.1 Å². The van der Waals surface area contributed by atoms with E-state index in [9.17, 15) is 22.0 Å². The van der Waals surface area contributed by atoms with Crippen molar-refractivity contribution in [3.05, 3.63) is 78.0 Å². The Morgan fingerprint density at radius 3 is 2.56 bits per heavy atom. The topological polar surface area (TPSA) is 104 Å². The first-order valence-corrected chi connectivity index (χ1v) is 11.3. The first-order valence-electron chi connectivity index (χ1n) is 9.61. The quantitative estimate of drug-likeness (QED) is 0.397. The van der Waals surface area contributed by atoms with Gasteiger partial charge in [0.25, 0.3) is 5.91 Å². The van der Waals surface area contributed by atoms with Crippen LogP contribution in [0.15, 0.2) is 60.8 Å². The maximum absolute atomic E-state index is 14.7. The molecule has 164 valence electrons. The van der Waals surface area contributed by atoms with Crippen LogP contribution in [0.1, 0.15) is 17.3 Å². The molecule has 2 aromatic carbocycles. The minimum atomic E-state index is -3.81. The molecule has 0 spiro atoms. The van der Waals surface area contributed by atoms with Gasteiger partial charge < -0.3 is 10.3 Å². The van der Waals surface area contributed by atoms with Crippen molar-refractivity contribution in [2.45, 2.75) is 6.92 Å². The fourth-order valence-electron chi connectivity index (χ4n) is 3.13. The third-order valence-electron chi connectivity index (χ3n) is 4.78. The molecule has 2 aromatic heterocycles. The predicted molar refractivity (Wildman–Crippen MR) is 119 cm³/mol. The van der Waals surface area contributed by atoms with Gasteiger partial charge in [0.2, 0.25) is 10.0 Å². The average molecular weight is 456 g/mol. The third kappa shape index (κ3) is 4.30. The van der Waals surface area contributed by atoms with Crippen LogP contribution in [0.3, 0.4) is 0 Å². The van der Waals surface area contributed by atoms with Gasteiger partial charge >= 0.3 is 0 Å². The van der Waals surface area contributed by atoms with Crippen LogP contribution >= 0.6 is 0 Å². The molecular weight excluding hydrogens is 438 g/mol. The number of aromatic amines is 1. The maximum atomic E-state index is 14.7. The standard InChI is InChI=1S/C22H18F2N4O3S/c1-2-32(30,31)28-17-9-8-16(23)19(20(17)24)22(29)26-15-10-14-11-18(27-21(14)25-12-15)13-6-4-3-5-7-13/h3-12,28H,2H2,1H3,(H,25,27)(H,26,29). The van der Waals surface area contributed by atoms with Crippen LogP contribution < -0.4 is 10.0 Å².